The molecule has 0 radical (unpaired) electrons. The summed E-state index contributed by atoms with van der Waals surface area (Å²) < 4.78 is 43.0. The summed E-state index contributed by atoms with van der Waals surface area (Å²) in [7, 11) is 0. The molecule has 49 heavy (non-hydrogen) atoms. The summed E-state index contributed by atoms with van der Waals surface area (Å²) in [6, 6.07) is 13.8. The summed E-state index contributed by atoms with van der Waals surface area (Å²) in [5.41, 5.74) is 0. The highest BCUT2D eigenvalue weighted by Gasteiger charge is 2.24. The second kappa shape index (κ2) is 24.2. The van der Waals surface area contributed by atoms with Gasteiger partial charge in [0.05, 0.1) is 5.92 Å². The van der Waals surface area contributed by atoms with Crippen LogP contribution in [0.3, 0.4) is 0 Å². The third-order valence-electron chi connectivity index (χ3n) is 6.75. The molecule has 268 valence electrons. The van der Waals surface area contributed by atoms with Crippen molar-refractivity contribution in [3.05, 3.63) is 73.8 Å². The summed E-state index contributed by atoms with van der Waals surface area (Å²) in [6.07, 6.45) is 2.46. The minimum Gasteiger partial charge on any atom is -0.490 e. The van der Waals surface area contributed by atoms with Gasteiger partial charge in [-0.3, -0.25) is 9.59 Å². The molecule has 0 aliphatic carbocycles. The first kappa shape index (κ1) is 40.1. The number of rotatable bonds is 26. The van der Waals surface area contributed by atoms with E-state index in [1.54, 1.807) is 48.5 Å². The topological polar surface area (TPSA) is 145 Å². The fraction of sp³-hybridized carbons (Fsp3) is 0.444. The van der Waals surface area contributed by atoms with Gasteiger partial charge in [-0.05, 0) is 43.8 Å². The van der Waals surface area contributed by atoms with E-state index in [1.165, 1.54) is 0 Å². The third kappa shape index (κ3) is 17.6. The van der Waals surface area contributed by atoms with Gasteiger partial charge in [0, 0.05) is 37.3 Å². The maximum absolute atomic E-state index is 13.0. The van der Waals surface area contributed by atoms with E-state index in [9.17, 15) is 19.2 Å². The van der Waals surface area contributed by atoms with Crippen LogP contribution in [0.2, 0.25) is 0 Å². The van der Waals surface area contributed by atoms with Gasteiger partial charge in [-0.1, -0.05) is 39.1 Å². The summed E-state index contributed by atoms with van der Waals surface area (Å²) >= 11 is 0. The first-order chi connectivity index (χ1) is 23.8. The van der Waals surface area contributed by atoms with Crippen molar-refractivity contribution in [1.29, 1.82) is 0 Å². The van der Waals surface area contributed by atoms with Gasteiger partial charge in [0.2, 0.25) is 0 Å². The number of ether oxygens (including phenoxy) is 8. The molecule has 0 heterocycles. The lowest BCUT2D eigenvalue weighted by molar-refractivity contribution is -0.151. The third-order valence-corrected chi connectivity index (χ3v) is 6.75. The number of carbonyl (C=O) groups is 4. The maximum Gasteiger partial charge on any atom is 0.330 e. The standard InChI is InChI=1S/C36H47NO12/c1-5-33(38)46-21-17-42-29-11-9-13-31(25-29)44-19-23-48-35(40)16-15-28(27-37(7-3)8-4)36(41)49-24-20-45-32-14-10-12-30(26-32)43-18-22-47-34(39)6-2/h5-6,9-14,25-26,28H,1-2,7-8,15-24,27H2,3-4H3. The molecule has 0 spiro atoms. The summed E-state index contributed by atoms with van der Waals surface area (Å²) in [4.78, 5) is 49.8. The first-order valence-corrected chi connectivity index (χ1v) is 16.1. The average Bonchev–Trinajstić information content (AvgIpc) is 3.12. The molecule has 0 aromatic heterocycles. The van der Waals surface area contributed by atoms with Crippen molar-refractivity contribution in [2.45, 2.75) is 26.7 Å². The largest absolute Gasteiger partial charge is 0.490 e. The van der Waals surface area contributed by atoms with E-state index >= 15 is 0 Å². The zero-order valence-electron chi connectivity index (χ0n) is 28.3. The second-order valence-corrected chi connectivity index (χ2v) is 10.2. The van der Waals surface area contributed by atoms with E-state index in [4.69, 9.17) is 37.9 Å². The van der Waals surface area contributed by atoms with Crippen LogP contribution >= 0.6 is 0 Å². The molecule has 0 N–H and O–H groups in total. The van der Waals surface area contributed by atoms with Crippen molar-refractivity contribution in [2.24, 2.45) is 5.92 Å². The van der Waals surface area contributed by atoms with Crippen LogP contribution < -0.4 is 18.9 Å². The van der Waals surface area contributed by atoms with Crippen LogP contribution in [0.25, 0.3) is 0 Å². The molecule has 13 heteroatoms. The Morgan fingerprint density at radius 1 is 0.633 bits per heavy atom. The maximum atomic E-state index is 13.0. The lowest BCUT2D eigenvalue weighted by Crippen LogP contribution is -2.35. The molecular weight excluding hydrogens is 638 g/mol. The van der Waals surface area contributed by atoms with Crippen molar-refractivity contribution < 1.29 is 57.1 Å². The molecule has 1 unspecified atom stereocenters. The van der Waals surface area contributed by atoms with Crippen LogP contribution in [0, 0.1) is 5.92 Å². The highest BCUT2D eigenvalue weighted by molar-refractivity contribution is 5.81. The van der Waals surface area contributed by atoms with E-state index < -0.39 is 29.8 Å². The van der Waals surface area contributed by atoms with Gasteiger partial charge >= 0.3 is 23.9 Å². The van der Waals surface area contributed by atoms with Crippen molar-refractivity contribution in [2.75, 3.05) is 72.5 Å². The molecule has 2 aromatic carbocycles. The van der Waals surface area contributed by atoms with Crippen LogP contribution in [0.1, 0.15) is 26.7 Å². The van der Waals surface area contributed by atoms with Crippen LogP contribution in [-0.4, -0.2) is 101 Å². The highest BCUT2D eigenvalue weighted by Crippen LogP contribution is 2.21. The van der Waals surface area contributed by atoms with Gasteiger partial charge < -0.3 is 42.8 Å². The fourth-order valence-electron chi connectivity index (χ4n) is 4.21. The van der Waals surface area contributed by atoms with Crippen molar-refractivity contribution in [3.63, 3.8) is 0 Å². The van der Waals surface area contributed by atoms with Crippen LogP contribution in [0.4, 0.5) is 0 Å². The van der Waals surface area contributed by atoms with E-state index in [0.29, 0.717) is 29.5 Å². The van der Waals surface area contributed by atoms with Crippen LogP contribution in [0.15, 0.2) is 73.8 Å². The number of nitrogens with zero attached hydrogens (tertiary/aromatic N) is 1. The second-order valence-electron chi connectivity index (χ2n) is 10.2. The number of esters is 4. The van der Waals surface area contributed by atoms with Gasteiger partial charge in [0.25, 0.3) is 0 Å². The molecule has 0 saturated carbocycles. The van der Waals surface area contributed by atoms with E-state index in [2.05, 4.69) is 18.1 Å². The fourth-order valence-corrected chi connectivity index (χ4v) is 4.21. The summed E-state index contributed by atoms with van der Waals surface area (Å²) in [5, 5.41) is 0. The van der Waals surface area contributed by atoms with Gasteiger partial charge in [0.1, 0.15) is 75.9 Å². The van der Waals surface area contributed by atoms with Crippen LogP contribution in [0.5, 0.6) is 23.0 Å². The average molecular weight is 686 g/mol. The number of benzene rings is 2. The van der Waals surface area contributed by atoms with E-state index in [-0.39, 0.29) is 65.7 Å². The molecule has 0 fully saturated rings. The first-order valence-electron chi connectivity index (χ1n) is 16.1. The molecule has 0 saturated heterocycles. The Bertz CT molecular complexity index is 1330. The molecule has 2 aromatic rings. The Morgan fingerprint density at radius 2 is 1.04 bits per heavy atom. The zero-order chi connectivity index (χ0) is 35.7. The minimum absolute atomic E-state index is 0.0208. The zero-order valence-corrected chi connectivity index (χ0v) is 28.3. The molecule has 1 atom stereocenters. The van der Waals surface area contributed by atoms with Crippen LogP contribution in [-0.2, 0) is 38.1 Å². The lowest BCUT2D eigenvalue weighted by Gasteiger charge is -2.24. The van der Waals surface area contributed by atoms with Crippen molar-refractivity contribution in [3.8, 4) is 23.0 Å². The van der Waals surface area contributed by atoms with E-state index in [1.807, 2.05) is 13.8 Å². The number of carbonyl (C=O) groups excluding carboxylic acids is 4. The van der Waals surface area contributed by atoms with E-state index in [0.717, 1.165) is 25.2 Å². The summed E-state index contributed by atoms with van der Waals surface area (Å²) in [5.74, 6) is -0.335. The quantitative estimate of drug-likeness (QED) is 0.0605. The Kier molecular flexibility index (Phi) is 19.8. The monoisotopic (exact) mass is 685 g/mol. The van der Waals surface area contributed by atoms with Crippen molar-refractivity contribution >= 4 is 23.9 Å². The van der Waals surface area contributed by atoms with Gasteiger partial charge in [-0.2, -0.15) is 0 Å². The molecule has 2 rings (SSSR count). The highest BCUT2D eigenvalue weighted by atomic mass is 16.6. The number of hydrogen-bond acceptors (Lipinski definition) is 13. The smallest absolute Gasteiger partial charge is 0.330 e. The Morgan fingerprint density at radius 3 is 1.45 bits per heavy atom. The Balaban J connectivity index is 1.73. The Hall–Kier alpha value is -5.04. The molecule has 0 bridgehead atoms. The normalized spacial score (nSPS) is 11.1. The van der Waals surface area contributed by atoms with Gasteiger partial charge in [0.15, 0.2) is 0 Å². The Labute approximate surface area is 287 Å². The minimum atomic E-state index is -0.529. The van der Waals surface area contributed by atoms with Gasteiger partial charge in [-0.15, -0.1) is 0 Å². The molecular formula is C36H47NO12. The van der Waals surface area contributed by atoms with Crippen molar-refractivity contribution in [1.82, 2.24) is 4.90 Å². The summed E-state index contributed by atoms with van der Waals surface area (Å²) in [6.45, 7) is 13.4. The molecule has 13 nitrogen and oxygen atoms in total. The number of hydrogen-bond donors (Lipinski definition) is 0. The van der Waals surface area contributed by atoms with Gasteiger partial charge in [-0.25, -0.2) is 9.59 Å². The molecule has 0 amide bonds. The predicted octanol–water partition coefficient (Wildman–Crippen LogP) is 4.19. The molecule has 0 aliphatic rings. The lowest BCUT2D eigenvalue weighted by atomic mass is 10.0. The predicted molar refractivity (Wildman–Crippen MR) is 180 cm³/mol. The SMILES string of the molecule is C=CC(=O)OCCOc1cccc(OCCOC(=O)CCC(CN(CC)CC)C(=O)OCCOc2cccc(OCCOC(=O)C=C)c2)c1. The molecule has 0 aliphatic heterocycles.